The first kappa shape index (κ1) is 15.8. The Balaban J connectivity index is 2.11. The summed E-state index contributed by atoms with van der Waals surface area (Å²) in [7, 11) is 1.99. The van der Waals surface area contributed by atoms with E-state index in [4.69, 9.17) is 0 Å². The van der Waals surface area contributed by atoms with Gasteiger partial charge in [0, 0.05) is 6.54 Å². The van der Waals surface area contributed by atoms with Gasteiger partial charge < -0.3 is 5.32 Å². The van der Waals surface area contributed by atoms with E-state index in [-0.39, 0.29) is 5.41 Å². The van der Waals surface area contributed by atoms with Gasteiger partial charge in [-0.3, -0.25) is 0 Å². The van der Waals surface area contributed by atoms with Crippen molar-refractivity contribution in [2.24, 2.45) is 0 Å². The minimum Gasteiger partial charge on any atom is -0.316 e. The number of fused-ring (bicyclic) bond motifs is 1. The molecule has 0 radical (unpaired) electrons. The lowest BCUT2D eigenvalue weighted by atomic mass is 9.86. The molecule has 118 valence electrons. The van der Waals surface area contributed by atoms with Crippen molar-refractivity contribution in [2.75, 3.05) is 7.05 Å². The molecule has 0 aliphatic carbocycles. The van der Waals surface area contributed by atoms with Crippen LogP contribution in [0.25, 0.3) is 21.9 Å². The molecular formula is C22H25N. The zero-order valence-corrected chi connectivity index (χ0v) is 14.5. The SMILES string of the molecule is CNCc1cccc2c(-c3ccc(C(C)(C)C)cc3)cccc12. The van der Waals surface area contributed by atoms with E-state index >= 15 is 0 Å². The molecule has 0 aromatic heterocycles. The Hall–Kier alpha value is -2.12. The molecule has 0 saturated carbocycles. The van der Waals surface area contributed by atoms with Crippen LogP contribution in [0.5, 0.6) is 0 Å². The van der Waals surface area contributed by atoms with Crippen molar-refractivity contribution in [3.05, 3.63) is 71.8 Å². The van der Waals surface area contributed by atoms with Gasteiger partial charge in [0.25, 0.3) is 0 Å². The van der Waals surface area contributed by atoms with Crippen LogP contribution in [0.15, 0.2) is 60.7 Å². The summed E-state index contributed by atoms with van der Waals surface area (Å²) in [4.78, 5) is 0. The molecule has 3 rings (SSSR count). The van der Waals surface area contributed by atoms with Gasteiger partial charge in [0.05, 0.1) is 0 Å². The van der Waals surface area contributed by atoms with E-state index in [2.05, 4.69) is 86.8 Å². The van der Waals surface area contributed by atoms with Crippen LogP contribution in [-0.2, 0) is 12.0 Å². The molecule has 0 atom stereocenters. The third-order valence-electron chi connectivity index (χ3n) is 4.44. The molecule has 3 aromatic carbocycles. The quantitative estimate of drug-likeness (QED) is 0.671. The van der Waals surface area contributed by atoms with E-state index in [1.807, 2.05) is 7.05 Å². The lowest BCUT2D eigenvalue weighted by Gasteiger charge is -2.19. The number of hydrogen-bond acceptors (Lipinski definition) is 1. The second kappa shape index (κ2) is 6.17. The Morgan fingerprint density at radius 3 is 2.09 bits per heavy atom. The van der Waals surface area contributed by atoms with Gasteiger partial charge >= 0.3 is 0 Å². The van der Waals surface area contributed by atoms with Gasteiger partial charge in [-0.25, -0.2) is 0 Å². The molecule has 1 nitrogen and oxygen atoms in total. The molecule has 0 heterocycles. The molecule has 0 spiro atoms. The zero-order valence-electron chi connectivity index (χ0n) is 14.5. The van der Waals surface area contributed by atoms with Crippen LogP contribution in [0.2, 0.25) is 0 Å². The highest BCUT2D eigenvalue weighted by atomic mass is 14.8. The first-order chi connectivity index (χ1) is 11.0. The number of benzene rings is 3. The van der Waals surface area contributed by atoms with Gasteiger partial charge in [0.2, 0.25) is 0 Å². The molecule has 0 aliphatic rings. The lowest BCUT2D eigenvalue weighted by Crippen LogP contribution is -2.10. The van der Waals surface area contributed by atoms with Crippen molar-refractivity contribution in [3.8, 4) is 11.1 Å². The molecule has 3 aromatic rings. The molecule has 0 amide bonds. The normalized spacial score (nSPS) is 11.8. The molecule has 0 unspecified atom stereocenters. The van der Waals surface area contributed by atoms with E-state index in [1.165, 1.54) is 33.0 Å². The minimum atomic E-state index is 0.192. The van der Waals surface area contributed by atoms with Crippen molar-refractivity contribution < 1.29 is 0 Å². The maximum Gasteiger partial charge on any atom is 0.0208 e. The Morgan fingerprint density at radius 1 is 0.783 bits per heavy atom. The van der Waals surface area contributed by atoms with Crippen LogP contribution in [0, 0.1) is 0 Å². The largest absolute Gasteiger partial charge is 0.316 e. The van der Waals surface area contributed by atoms with Crippen LogP contribution in [0.3, 0.4) is 0 Å². The highest BCUT2D eigenvalue weighted by Crippen LogP contribution is 2.32. The van der Waals surface area contributed by atoms with Gasteiger partial charge in [0.15, 0.2) is 0 Å². The van der Waals surface area contributed by atoms with Crippen LogP contribution >= 0.6 is 0 Å². The van der Waals surface area contributed by atoms with Crippen molar-refractivity contribution in [3.63, 3.8) is 0 Å². The second-order valence-electron chi connectivity index (χ2n) is 7.18. The predicted octanol–water partition coefficient (Wildman–Crippen LogP) is 5.52. The van der Waals surface area contributed by atoms with E-state index in [0.29, 0.717) is 0 Å². The van der Waals surface area contributed by atoms with Crippen molar-refractivity contribution in [2.45, 2.75) is 32.7 Å². The molecule has 1 N–H and O–H groups in total. The summed E-state index contributed by atoms with van der Waals surface area (Å²) < 4.78 is 0. The molecule has 0 aliphatic heterocycles. The number of rotatable bonds is 3. The van der Waals surface area contributed by atoms with E-state index in [1.54, 1.807) is 0 Å². The molecule has 0 fully saturated rings. The Kier molecular flexibility index (Phi) is 4.23. The summed E-state index contributed by atoms with van der Waals surface area (Å²) in [6, 6.07) is 22.2. The van der Waals surface area contributed by atoms with Gasteiger partial charge in [-0.05, 0) is 45.5 Å². The first-order valence-corrected chi connectivity index (χ1v) is 8.27. The van der Waals surface area contributed by atoms with E-state index in [9.17, 15) is 0 Å². The van der Waals surface area contributed by atoms with Gasteiger partial charge in [-0.15, -0.1) is 0 Å². The van der Waals surface area contributed by atoms with Crippen molar-refractivity contribution in [1.82, 2.24) is 5.32 Å². The first-order valence-electron chi connectivity index (χ1n) is 8.27. The fraction of sp³-hybridized carbons (Fsp3) is 0.273. The van der Waals surface area contributed by atoms with Crippen LogP contribution < -0.4 is 5.32 Å². The minimum absolute atomic E-state index is 0.192. The zero-order chi connectivity index (χ0) is 16.4. The Labute approximate surface area is 139 Å². The summed E-state index contributed by atoms with van der Waals surface area (Å²) in [6.07, 6.45) is 0. The number of nitrogens with one attached hydrogen (secondary N) is 1. The predicted molar refractivity (Wildman–Crippen MR) is 101 cm³/mol. The molecular weight excluding hydrogens is 278 g/mol. The molecule has 0 saturated heterocycles. The van der Waals surface area contributed by atoms with E-state index in [0.717, 1.165) is 6.54 Å². The third-order valence-corrected chi connectivity index (χ3v) is 4.44. The molecule has 23 heavy (non-hydrogen) atoms. The summed E-state index contributed by atoms with van der Waals surface area (Å²) in [5.41, 5.74) is 5.50. The van der Waals surface area contributed by atoms with Gasteiger partial charge in [-0.1, -0.05) is 81.4 Å². The molecule has 1 heteroatoms. The highest BCUT2D eigenvalue weighted by Gasteiger charge is 2.13. The summed E-state index contributed by atoms with van der Waals surface area (Å²) in [5.74, 6) is 0. The average molecular weight is 303 g/mol. The van der Waals surface area contributed by atoms with Gasteiger partial charge in [0.1, 0.15) is 0 Å². The fourth-order valence-electron chi connectivity index (χ4n) is 3.12. The van der Waals surface area contributed by atoms with Crippen molar-refractivity contribution in [1.29, 1.82) is 0 Å². The monoisotopic (exact) mass is 303 g/mol. The average Bonchev–Trinajstić information content (AvgIpc) is 2.54. The standard InChI is InChI=1S/C22H25N/c1-22(2,3)18-13-11-16(12-14-18)19-8-6-9-20-17(15-23-4)7-5-10-21(19)20/h5-14,23H,15H2,1-4H3. The van der Waals surface area contributed by atoms with E-state index < -0.39 is 0 Å². The summed E-state index contributed by atoms with van der Waals surface area (Å²) in [6.45, 7) is 7.65. The van der Waals surface area contributed by atoms with Crippen molar-refractivity contribution >= 4 is 10.8 Å². The maximum absolute atomic E-state index is 3.26. The third kappa shape index (κ3) is 3.16. The smallest absolute Gasteiger partial charge is 0.0208 e. The second-order valence-corrected chi connectivity index (χ2v) is 7.18. The number of hydrogen-bond donors (Lipinski definition) is 1. The summed E-state index contributed by atoms with van der Waals surface area (Å²) in [5, 5.41) is 5.92. The van der Waals surface area contributed by atoms with Crippen LogP contribution in [0.4, 0.5) is 0 Å². The van der Waals surface area contributed by atoms with Crippen LogP contribution in [-0.4, -0.2) is 7.05 Å². The Morgan fingerprint density at radius 2 is 1.43 bits per heavy atom. The lowest BCUT2D eigenvalue weighted by molar-refractivity contribution is 0.590. The highest BCUT2D eigenvalue weighted by molar-refractivity contribution is 5.98. The van der Waals surface area contributed by atoms with Gasteiger partial charge in [-0.2, -0.15) is 0 Å². The Bertz CT molecular complexity index is 807. The molecule has 0 bridgehead atoms. The summed E-state index contributed by atoms with van der Waals surface area (Å²) >= 11 is 0. The topological polar surface area (TPSA) is 12.0 Å². The van der Waals surface area contributed by atoms with Crippen LogP contribution in [0.1, 0.15) is 31.9 Å². The fourth-order valence-corrected chi connectivity index (χ4v) is 3.12. The maximum atomic E-state index is 3.26.